The summed E-state index contributed by atoms with van der Waals surface area (Å²) in [5.74, 6) is -0.878. The van der Waals surface area contributed by atoms with Crippen LogP contribution in [0.1, 0.15) is 323 Å². The first-order chi connectivity index (χ1) is 40.5. The number of hydrogen-bond acceptors (Lipinski definition) is 6. The molecule has 0 radical (unpaired) electrons. The highest BCUT2D eigenvalue weighted by Gasteiger charge is 2.19. The molecule has 0 aromatic rings. The summed E-state index contributed by atoms with van der Waals surface area (Å²) in [4.78, 5) is 38.3. The van der Waals surface area contributed by atoms with Crippen molar-refractivity contribution in [1.29, 1.82) is 0 Å². The van der Waals surface area contributed by atoms with Gasteiger partial charge < -0.3 is 14.2 Å². The molecule has 0 heterocycles. The van der Waals surface area contributed by atoms with E-state index in [-0.39, 0.29) is 31.1 Å². The second-order valence-corrected chi connectivity index (χ2v) is 22.7. The van der Waals surface area contributed by atoms with Gasteiger partial charge in [-0.3, -0.25) is 14.4 Å². The molecule has 468 valence electrons. The molecule has 0 aromatic heterocycles. The van der Waals surface area contributed by atoms with Crippen molar-refractivity contribution in [1.82, 2.24) is 0 Å². The van der Waals surface area contributed by atoms with Gasteiger partial charge in [0.05, 0.1) is 0 Å². The van der Waals surface area contributed by atoms with Crippen molar-refractivity contribution >= 4 is 17.9 Å². The molecular weight excluding hydrogens is 1010 g/mol. The van der Waals surface area contributed by atoms with E-state index in [1.165, 1.54) is 154 Å². The molecule has 0 saturated carbocycles. The van der Waals surface area contributed by atoms with Gasteiger partial charge in [0, 0.05) is 19.3 Å². The van der Waals surface area contributed by atoms with Crippen LogP contribution in [0.5, 0.6) is 0 Å². The Morgan fingerprint density at radius 1 is 0.256 bits per heavy atom. The maximum absolute atomic E-state index is 12.9. The van der Waals surface area contributed by atoms with E-state index in [1.54, 1.807) is 0 Å². The van der Waals surface area contributed by atoms with Crippen molar-refractivity contribution in [3.05, 3.63) is 122 Å². The zero-order valence-electron chi connectivity index (χ0n) is 53.7. The number of unbranched alkanes of at least 4 members (excludes halogenated alkanes) is 31. The molecule has 82 heavy (non-hydrogen) atoms. The summed E-state index contributed by atoms with van der Waals surface area (Å²) in [6, 6.07) is 0. The minimum atomic E-state index is -0.783. The van der Waals surface area contributed by atoms with Crippen LogP contribution in [0.15, 0.2) is 122 Å². The molecule has 0 saturated heterocycles. The molecule has 0 fully saturated rings. The number of carbonyl (C=O) groups is 3. The number of ether oxygens (including phenoxy) is 3. The minimum Gasteiger partial charge on any atom is -0.462 e. The molecule has 6 heteroatoms. The summed E-state index contributed by atoms with van der Waals surface area (Å²) in [5, 5.41) is 0. The van der Waals surface area contributed by atoms with E-state index in [9.17, 15) is 14.4 Å². The molecule has 1 atom stereocenters. The van der Waals surface area contributed by atoms with Gasteiger partial charge in [0.1, 0.15) is 13.2 Å². The molecule has 0 amide bonds. The van der Waals surface area contributed by atoms with Gasteiger partial charge in [0.15, 0.2) is 6.10 Å². The standard InChI is InChI=1S/C76H128O6/c1-4-7-10-13-16-19-22-24-26-28-30-32-34-36-37-38-39-41-42-44-46-48-50-52-54-57-60-63-66-69-75(78)81-72-73(71-80-74(77)68-65-62-59-56-21-18-15-12-9-6-3)82-76(79)70-67-64-61-58-55-53-51-49-47-45-43-40-35-33-31-29-27-25-23-20-17-14-11-8-5-2/h7-8,10-11,16-17,19-20,24-27,30-33,36-37,40,43,73H,4-6,9,12-15,18,21-23,28-29,34-35,38-39,41-42,44-72H2,1-3H3/b10-7-,11-8-,19-16-,20-17-,26-24-,27-25-,32-30-,33-31-,37-36-,43-40-. The number of allylic oxidation sites excluding steroid dienone is 20. The van der Waals surface area contributed by atoms with Crippen LogP contribution >= 0.6 is 0 Å². The fourth-order valence-corrected chi connectivity index (χ4v) is 9.62. The average molecular weight is 1140 g/mol. The monoisotopic (exact) mass is 1140 g/mol. The Kier molecular flexibility index (Phi) is 65.8. The van der Waals surface area contributed by atoms with Crippen molar-refractivity contribution in [2.75, 3.05) is 13.2 Å². The van der Waals surface area contributed by atoms with Gasteiger partial charge in [-0.2, -0.15) is 0 Å². The molecule has 0 bridgehead atoms. The van der Waals surface area contributed by atoms with Crippen LogP contribution in [-0.4, -0.2) is 37.2 Å². The normalized spacial score (nSPS) is 12.9. The first kappa shape index (κ1) is 77.8. The van der Waals surface area contributed by atoms with Gasteiger partial charge in [-0.15, -0.1) is 0 Å². The smallest absolute Gasteiger partial charge is 0.306 e. The maximum Gasteiger partial charge on any atom is 0.306 e. The lowest BCUT2D eigenvalue weighted by molar-refractivity contribution is -0.167. The quantitative estimate of drug-likeness (QED) is 0.0261. The summed E-state index contributed by atoms with van der Waals surface area (Å²) < 4.78 is 16.9. The van der Waals surface area contributed by atoms with Crippen LogP contribution in [0.4, 0.5) is 0 Å². The van der Waals surface area contributed by atoms with Crippen molar-refractivity contribution < 1.29 is 28.6 Å². The molecule has 0 aliphatic carbocycles. The van der Waals surface area contributed by atoms with Gasteiger partial charge in [0.25, 0.3) is 0 Å². The van der Waals surface area contributed by atoms with Crippen molar-refractivity contribution in [2.24, 2.45) is 0 Å². The number of rotatable bonds is 62. The van der Waals surface area contributed by atoms with E-state index in [0.29, 0.717) is 19.3 Å². The molecule has 1 unspecified atom stereocenters. The first-order valence-electron chi connectivity index (χ1n) is 34.5. The van der Waals surface area contributed by atoms with Crippen LogP contribution in [0, 0.1) is 0 Å². The number of carbonyl (C=O) groups excluding carboxylic acids is 3. The molecule has 0 spiro atoms. The maximum atomic E-state index is 12.9. The second-order valence-electron chi connectivity index (χ2n) is 22.7. The Morgan fingerprint density at radius 2 is 0.476 bits per heavy atom. The van der Waals surface area contributed by atoms with Gasteiger partial charge >= 0.3 is 17.9 Å². The van der Waals surface area contributed by atoms with Gasteiger partial charge in [-0.25, -0.2) is 0 Å². The molecule has 0 aromatic carbocycles. The van der Waals surface area contributed by atoms with Gasteiger partial charge in [0.2, 0.25) is 0 Å². The summed E-state index contributed by atoms with van der Waals surface area (Å²) in [5.41, 5.74) is 0. The molecule has 6 nitrogen and oxygen atoms in total. The number of esters is 3. The van der Waals surface area contributed by atoms with E-state index in [2.05, 4.69) is 142 Å². The van der Waals surface area contributed by atoms with Crippen LogP contribution in [0.2, 0.25) is 0 Å². The lowest BCUT2D eigenvalue weighted by atomic mass is 10.0. The van der Waals surface area contributed by atoms with Crippen LogP contribution in [0.3, 0.4) is 0 Å². The van der Waals surface area contributed by atoms with Crippen molar-refractivity contribution in [2.45, 2.75) is 329 Å². The third-order valence-corrected chi connectivity index (χ3v) is 14.7. The summed E-state index contributed by atoms with van der Waals surface area (Å²) in [6.07, 6.45) is 96.5. The van der Waals surface area contributed by atoms with E-state index in [1.807, 2.05) is 0 Å². The van der Waals surface area contributed by atoms with E-state index in [4.69, 9.17) is 14.2 Å². The fraction of sp³-hybridized carbons (Fsp3) is 0.697. The molecule has 0 aliphatic heterocycles. The predicted molar refractivity (Wildman–Crippen MR) is 357 cm³/mol. The third-order valence-electron chi connectivity index (χ3n) is 14.7. The Morgan fingerprint density at radius 3 is 0.744 bits per heavy atom. The van der Waals surface area contributed by atoms with E-state index in [0.717, 1.165) is 128 Å². The lowest BCUT2D eigenvalue weighted by Crippen LogP contribution is -2.30. The average Bonchev–Trinajstić information content (AvgIpc) is 3.48. The van der Waals surface area contributed by atoms with E-state index >= 15 is 0 Å². The largest absolute Gasteiger partial charge is 0.462 e. The summed E-state index contributed by atoms with van der Waals surface area (Å²) in [7, 11) is 0. The Bertz CT molecular complexity index is 1690. The molecule has 0 N–H and O–H groups in total. The van der Waals surface area contributed by atoms with E-state index < -0.39 is 6.10 Å². The van der Waals surface area contributed by atoms with Crippen LogP contribution < -0.4 is 0 Å². The van der Waals surface area contributed by atoms with Gasteiger partial charge in [-0.05, 0) is 109 Å². The minimum absolute atomic E-state index is 0.0790. The Hall–Kier alpha value is -4.19. The molecule has 0 aliphatic rings. The Labute approximate surface area is 507 Å². The molecule has 0 rings (SSSR count). The highest BCUT2D eigenvalue weighted by Crippen LogP contribution is 2.17. The van der Waals surface area contributed by atoms with Crippen molar-refractivity contribution in [3.8, 4) is 0 Å². The van der Waals surface area contributed by atoms with Crippen LogP contribution in [0.25, 0.3) is 0 Å². The Balaban J connectivity index is 4.22. The topological polar surface area (TPSA) is 78.9 Å². The third kappa shape index (κ3) is 66.6. The zero-order valence-corrected chi connectivity index (χ0v) is 53.7. The highest BCUT2D eigenvalue weighted by molar-refractivity contribution is 5.71. The lowest BCUT2D eigenvalue weighted by Gasteiger charge is -2.18. The molecular formula is C76H128O6. The summed E-state index contributed by atoms with van der Waals surface area (Å²) >= 11 is 0. The summed E-state index contributed by atoms with van der Waals surface area (Å²) in [6.45, 7) is 6.42. The predicted octanol–water partition coefficient (Wildman–Crippen LogP) is 23.9. The van der Waals surface area contributed by atoms with Crippen molar-refractivity contribution in [3.63, 3.8) is 0 Å². The SMILES string of the molecule is CC/C=C\C/C=C\C/C=C\C/C=C\C/C=C\CCCCCCCCCCCCCCCC(=O)OCC(COC(=O)CCCCCCCCCCCC)OC(=O)CCCCCCCCCCC/C=C\C/C=C\C/C=C\C/C=C\C/C=C\CC. The highest BCUT2D eigenvalue weighted by atomic mass is 16.6. The van der Waals surface area contributed by atoms with Gasteiger partial charge in [-0.1, -0.05) is 316 Å². The van der Waals surface area contributed by atoms with Crippen LogP contribution in [-0.2, 0) is 28.6 Å². The second kappa shape index (κ2) is 69.3. The fourth-order valence-electron chi connectivity index (χ4n) is 9.62. The first-order valence-corrected chi connectivity index (χ1v) is 34.5. The zero-order chi connectivity index (χ0) is 59.2. The number of hydrogen-bond donors (Lipinski definition) is 0.